The Morgan fingerprint density at radius 3 is 2.83 bits per heavy atom. The first-order valence-electron chi connectivity index (χ1n) is 7.72. The van der Waals surface area contributed by atoms with E-state index >= 15 is 0 Å². The van der Waals surface area contributed by atoms with Gasteiger partial charge < -0.3 is 9.64 Å². The first kappa shape index (κ1) is 16.6. The van der Waals surface area contributed by atoms with Crippen molar-refractivity contribution in [2.45, 2.75) is 23.5 Å². The van der Waals surface area contributed by atoms with E-state index in [1.54, 1.807) is 6.07 Å². The lowest BCUT2D eigenvalue weighted by atomic mass is 9.98. The van der Waals surface area contributed by atoms with Crippen LogP contribution >= 0.6 is 0 Å². The molecule has 1 aromatic carbocycles. The van der Waals surface area contributed by atoms with Crippen molar-refractivity contribution in [1.82, 2.24) is 9.62 Å². The standard InChI is InChI=1S/C15H22FN3O3S/c1-17-23(20,21)11-3-4-13(12(16)9-11)19-6-5-15-14(10-19)18(2)7-8-22-15/h3-4,9,14-15,17H,5-8,10H2,1-2H3/t14-,15+/m1/s1. The number of ether oxygens (including phenoxy) is 1. The zero-order valence-corrected chi connectivity index (χ0v) is 14.1. The topological polar surface area (TPSA) is 61.9 Å². The second-order valence-corrected chi connectivity index (χ2v) is 7.90. The van der Waals surface area contributed by atoms with Gasteiger partial charge in [0.25, 0.3) is 0 Å². The van der Waals surface area contributed by atoms with Gasteiger partial charge in [-0.2, -0.15) is 0 Å². The van der Waals surface area contributed by atoms with Crippen LogP contribution in [-0.2, 0) is 14.8 Å². The molecule has 2 aliphatic heterocycles. The number of nitrogens with one attached hydrogen (secondary N) is 1. The van der Waals surface area contributed by atoms with Gasteiger partial charge in [-0.05, 0) is 38.7 Å². The van der Waals surface area contributed by atoms with Crippen LogP contribution in [0.5, 0.6) is 0 Å². The van der Waals surface area contributed by atoms with Crippen molar-refractivity contribution >= 4 is 15.7 Å². The summed E-state index contributed by atoms with van der Waals surface area (Å²) in [4.78, 5) is 4.16. The second kappa shape index (κ2) is 6.35. The molecular weight excluding hydrogens is 321 g/mol. The highest BCUT2D eigenvalue weighted by molar-refractivity contribution is 7.89. The second-order valence-electron chi connectivity index (χ2n) is 6.01. The lowest BCUT2D eigenvalue weighted by molar-refractivity contribution is -0.0687. The van der Waals surface area contributed by atoms with Crippen LogP contribution in [0.25, 0.3) is 0 Å². The minimum absolute atomic E-state index is 0.0609. The van der Waals surface area contributed by atoms with Crippen molar-refractivity contribution < 1.29 is 17.5 Å². The van der Waals surface area contributed by atoms with E-state index < -0.39 is 15.8 Å². The van der Waals surface area contributed by atoms with Crippen molar-refractivity contribution in [3.8, 4) is 0 Å². The SMILES string of the molecule is CNS(=O)(=O)c1ccc(N2CC[C@@H]3OCCN(C)[C@@H]3C2)c(F)c1. The van der Waals surface area contributed by atoms with Crippen LogP contribution in [0.1, 0.15) is 6.42 Å². The molecule has 2 heterocycles. The fourth-order valence-electron chi connectivity index (χ4n) is 3.29. The van der Waals surface area contributed by atoms with E-state index in [9.17, 15) is 12.8 Å². The lowest BCUT2D eigenvalue weighted by Gasteiger charge is -2.46. The van der Waals surface area contributed by atoms with Crippen LogP contribution in [0, 0.1) is 5.82 Å². The Morgan fingerprint density at radius 2 is 2.13 bits per heavy atom. The molecule has 0 spiro atoms. The number of piperidine rings is 1. The Bertz CT molecular complexity index is 683. The van der Waals surface area contributed by atoms with Crippen LogP contribution in [0.4, 0.5) is 10.1 Å². The van der Waals surface area contributed by atoms with Gasteiger partial charge in [-0.15, -0.1) is 0 Å². The number of rotatable bonds is 3. The molecule has 2 fully saturated rings. The van der Waals surface area contributed by atoms with E-state index in [0.29, 0.717) is 18.8 Å². The fourth-order valence-corrected chi connectivity index (χ4v) is 4.03. The summed E-state index contributed by atoms with van der Waals surface area (Å²) in [5.74, 6) is -0.515. The van der Waals surface area contributed by atoms with Gasteiger partial charge in [0.05, 0.1) is 29.3 Å². The molecule has 2 saturated heterocycles. The molecule has 0 amide bonds. The summed E-state index contributed by atoms with van der Waals surface area (Å²) in [7, 11) is -0.264. The van der Waals surface area contributed by atoms with E-state index in [0.717, 1.165) is 25.6 Å². The first-order chi connectivity index (χ1) is 10.9. The monoisotopic (exact) mass is 343 g/mol. The van der Waals surface area contributed by atoms with Crippen LogP contribution < -0.4 is 9.62 Å². The molecule has 0 aromatic heterocycles. The van der Waals surface area contributed by atoms with E-state index in [1.165, 1.54) is 13.1 Å². The Labute approximate surface area is 136 Å². The highest BCUT2D eigenvalue weighted by atomic mass is 32.2. The number of hydrogen-bond acceptors (Lipinski definition) is 5. The molecule has 0 aliphatic carbocycles. The number of hydrogen-bond donors (Lipinski definition) is 1. The zero-order valence-electron chi connectivity index (χ0n) is 13.3. The normalized spacial score (nSPS) is 26.1. The summed E-state index contributed by atoms with van der Waals surface area (Å²) in [5, 5.41) is 0. The van der Waals surface area contributed by atoms with Gasteiger partial charge >= 0.3 is 0 Å². The van der Waals surface area contributed by atoms with Gasteiger partial charge in [0, 0.05) is 19.6 Å². The molecular formula is C15H22FN3O3S. The predicted molar refractivity (Wildman–Crippen MR) is 85.6 cm³/mol. The molecule has 1 aromatic rings. The molecule has 128 valence electrons. The van der Waals surface area contributed by atoms with Gasteiger partial charge in [0.1, 0.15) is 5.82 Å². The average molecular weight is 343 g/mol. The Balaban J connectivity index is 1.82. The third-order valence-electron chi connectivity index (χ3n) is 4.70. The first-order valence-corrected chi connectivity index (χ1v) is 9.20. The molecule has 0 bridgehead atoms. The summed E-state index contributed by atoms with van der Waals surface area (Å²) in [6.07, 6.45) is 1.03. The minimum atomic E-state index is -3.63. The summed E-state index contributed by atoms with van der Waals surface area (Å²) in [6, 6.07) is 4.30. The van der Waals surface area contributed by atoms with Crippen molar-refractivity contribution in [1.29, 1.82) is 0 Å². The van der Waals surface area contributed by atoms with Crippen molar-refractivity contribution in [2.24, 2.45) is 0 Å². The average Bonchev–Trinajstić information content (AvgIpc) is 2.55. The van der Waals surface area contributed by atoms with Gasteiger partial charge in [-0.25, -0.2) is 17.5 Å². The third-order valence-corrected chi connectivity index (χ3v) is 6.11. The molecule has 2 aliphatic rings. The number of sulfonamides is 1. The maximum absolute atomic E-state index is 14.4. The highest BCUT2D eigenvalue weighted by Gasteiger charge is 2.36. The van der Waals surface area contributed by atoms with Gasteiger partial charge in [0.15, 0.2) is 0 Å². The van der Waals surface area contributed by atoms with E-state index in [-0.39, 0.29) is 17.0 Å². The molecule has 0 unspecified atom stereocenters. The Morgan fingerprint density at radius 1 is 1.35 bits per heavy atom. The number of morpholine rings is 1. The zero-order chi connectivity index (χ0) is 16.6. The smallest absolute Gasteiger partial charge is 0.240 e. The maximum atomic E-state index is 14.4. The predicted octanol–water partition coefficient (Wildman–Crippen LogP) is 0.643. The minimum Gasteiger partial charge on any atom is -0.375 e. The molecule has 3 rings (SSSR count). The molecule has 0 radical (unpaired) electrons. The number of benzene rings is 1. The van der Waals surface area contributed by atoms with Gasteiger partial charge in [-0.3, -0.25) is 4.90 Å². The number of halogens is 1. The summed E-state index contributed by atoms with van der Waals surface area (Å²) < 4.78 is 45.9. The third kappa shape index (κ3) is 3.21. The molecule has 23 heavy (non-hydrogen) atoms. The van der Waals surface area contributed by atoms with Gasteiger partial charge in [-0.1, -0.05) is 0 Å². The van der Waals surface area contributed by atoms with Crippen LogP contribution in [0.2, 0.25) is 0 Å². The van der Waals surface area contributed by atoms with Crippen molar-refractivity contribution in [2.75, 3.05) is 45.2 Å². The van der Waals surface area contributed by atoms with E-state index in [4.69, 9.17) is 4.74 Å². The van der Waals surface area contributed by atoms with Crippen molar-refractivity contribution in [3.05, 3.63) is 24.0 Å². The summed E-state index contributed by atoms with van der Waals surface area (Å²) >= 11 is 0. The van der Waals surface area contributed by atoms with Crippen LogP contribution in [-0.4, -0.2) is 65.8 Å². The quantitative estimate of drug-likeness (QED) is 0.873. The highest BCUT2D eigenvalue weighted by Crippen LogP contribution is 2.29. The van der Waals surface area contributed by atoms with Gasteiger partial charge in [0.2, 0.25) is 10.0 Å². The summed E-state index contributed by atoms with van der Waals surface area (Å²) in [6.45, 7) is 2.99. The van der Waals surface area contributed by atoms with Crippen molar-refractivity contribution in [3.63, 3.8) is 0 Å². The molecule has 6 nitrogen and oxygen atoms in total. The number of anilines is 1. The van der Waals surface area contributed by atoms with E-state index in [2.05, 4.69) is 16.7 Å². The summed E-state index contributed by atoms with van der Waals surface area (Å²) in [5.41, 5.74) is 0.442. The molecule has 0 saturated carbocycles. The number of nitrogens with zero attached hydrogens (tertiary/aromatic N) is 2. The van der Waals surface area contributed by atoms with Crippen LogP contribution in [0.15, 0.2) is 23.1 Å². The lowest BCUT2D eigenvalue weighted by Crippen LogP contribution is -2.58. The largest absolute Gasteiger partial charge is 0.375 e. The fraction of sp³-hybridized carbons (Fsp3) is 0.600. The molecule has 1 N–H and O–H groups in total. The maximum Gasteiger partial charge on any atom is 0.240 e. The molecule has 2 atom stereocenters. The number of likely N-dealkylation sites (N-methyl/N-ethyl adjacent to an activating group) is 1. The van der Waals surface area contributed by atoms with Crippen LogP contribution in [0.3, 0.4) is 0 Å². The molecule has 8 heteroatoms. The Hall–Kier alpha value is -1.22. The Kier molecular flexibility index (Phi) is 4.59. The number of fused-ring (bicyclic) bond motifs is 1. The van der Waals surface area contributed by atoms with E-state index in [1.807, 2.05) is 4.90 Å².